The van der Waals surface area contributed by atoms with Crippen LogP contribution in [0.2, 0.25) is 5.02 Å². The lowest BCUT2D eigenvalue weighted by atomic mass is 10.1. The number of likely N-dealkylation sites (N-methyl/N-ethyl adjacent to an activating group) is 1. The summed E-state index contributed by atoms with van der Waals surface area (Å²) in [6, 6.07) is 3.67. The molecule has 1 rings (SSSR count). The van der Waals surface area contributed by atoms with Gasteiger partial charge in [-0.25, -0.2) is 0 Å². The molecule has 0 bridgehead atoms. The van der Waals surface area contributed by atoms with Crippen molar-refractivity contribution in [3.05, 3.63) is 28.3 Å². The van der Waals surface area contributed by atoms with E-state index >= 15 is 0 Å². The van der Waals surface area contributed by atoms with Gasteiger partial charge in [-0.3, -0.25) is 9.69 Å². The van der Waals surface area contributed by atoms with Crippen molar-refractivity contribution in [2.45, 2.75) is 13.5 Å². The summed E-state index contributed by atoms with van der Waals surface area (Å²) in [6.45, 7) is 2.36. The predicted octanol–water partition coefficient (Wildman–Crippen LogP) is 2.17. The lowest BCUT2D eigenvalue weighted by molar-refractivity contribution is -0.138. The number of aliphatic carboxylic acids is 1. The molecule has 0 spiro atoms. The van der Waals surface area contributed by atoms with Gasteiger partial charge in [-0.2, -0.15) is 0 Å². The van der Waals surface area contributed by atoms with Crippen molar-refractivity contribution in [2.75, 3.05) is 20.7 Å². The molecule has 4 nitrogen and oxygen atoms in total. The molecule has 0 atom stereocenters. The van der Waals surface area contributed by atoms with Crippen LogP contribution in [0.3, 0.4) is 0 Å². The number of carboxylic acids is 1. The lowest BCUT2D eigenvalue weighted by Gasteiger charge is -2.17. The summed E-state index contributed by atoms with van der Waals surface area (Å²) in [7, 11) is 3.32. The second kappa shape index (κ2) is 5.89. The first-order chi connectivity index (χ1) is 7.93. The van der Waals surface area contributed by atoms with Gasteiger partial charge in [0, 0.05) is 17.1 Å². The first-order valence-electron chi connectivity index (χ1n) is 5.17. The number of rotatable bonds is 5. The number of aryl methyl sites for hydroxylation is 1. The largest absolute Gasteiger partial charge is 0.496 e. The standard InChI is InChI=1S/C12H16ClNO3/c1-8-4-11(17-3)9(5-10(8)13)6-14(2)7-12(15)16/h4-5H,6-7H2,1-3H3,(H,15,16). The monoisotopic (exact) mass is 257 g/mol. The summed E-state index contributed by atoms with van der Waals surface area (Å²) in [6.07, 6.45) is 0. The molecule has 17 heavy (non-hydrogen) atoms. The quantitative estimate of drug-likeness (QED) is 0.878. The number of hydrogen-bond acceptors (Lipinski definition) is 3. The van der Waals surface area contributed by atoms with E-state index in [4.69, 9.17) is 21.4 Å². The van der Waals surface area contributed by atoms with Gasteiger partial charge in [-0.05, 0) is 31.7 Å². The van der Waals surface area contributed by atoms with Gasteiger partial charge in [0.2, 0.25) is 0 Å². The van der Waals surface area contributed by atoms with Crippen LogP contribution in [0.1, 0.15) is 11.1 Å². The van der Waals surface area contributed by atoms with Crippen LogP contribution in [0.5, 0.6) is 5.75 Å². The van der Waals surface area contributed by atoms with Gasteiger partial charge < -0.3 is 9.84 Å². The summed E-state index contributed by atoms with van der Waals surface area (Å²) in [5, 5.41) is 9.35. The zero-order valence-electron chi connectivity index (χ0n) is 10.2. The van der Waals surface area contributed by atoms with E-state index < -0.39 is 5.97 Å². The molecule has 0 aliphatic rings. The van der Waals surface area contributed by atoms with Crippen LogP contribution in [0.25, 0.3) is 0 Å². The van der Waals surface area contributed by atoms with Crippen molar-refractivity contribution in [3.63, 3.8) is 0 Å². The van der Waals surface area contributed by atoms with E-state index in [0.29, 0.717) is 11.6 Å². The predicted molar refractivity (Wildman–Crippen MR) is 66.7 cm³/mol. The molecule has 0 fully saturated rings. The maximum Gasteiger partial charge on any atom is 0.317 e. The molecule has 0 aliphatic carbocycles. The zero-order chi connectivity index (χ0) is 13.0. The molecule has 5 heteroatoms. The van der Waals surface area contributed by atoms with E-state index in [9.17, 15) is 4.79 Å². The number of carbonyl (C=O) groups is 1. The van der Waals surface area contributed by atoms with Crippen molar-refractivity contribution in [3.8, 4) is 5.75 Å². The SMILES string of the molecule is COc1cc(C)c(Cl)cc1CN(C)CC(=O)O. The minimum Gasteiger partial charge on any atom is -0.496 e. The smallest absolute Gasteiger partial charge is 0.317 e. The first-order valence-corrected chi connectivity index (χ1v) is 5.55. The minimum atomic E-state index is -0.857. The maximum atomic E-state index is 10.6. The van der Waals surface area contributed by atoms with Crippen molar-refractivity contribution in [1.29, 1.82) is 0 Å². The van der Waals surface area contributed by atoms with E-state index in [-0.39, 0.29) is 6.54 Å². The van der Waals surface area contributed by atoms with E-state index in [1.165, 1.54) is 0 Å². The van der Waals surface area contributed by atoms with Crippen molar-refractivity contribution in [1.82, 2.24) is 4.90 Å². The van der Waals surface area contributed by atoms with E-state index in [0.717, 1.165) is 16.9 Å². The Morgan fingerprint density at radius 2 is 2.18 bits per heavy atom. The number of nitrogens with zero attached hydrogens (tertiary/aromatic N) is 1. The average Bonchev–Trinajstić information content (AvgIpc) is 2.21. The van der Waals surface area contributed by atoms with Crippen LogP contribution >= 0.6 is 11.6 Å². The highest BCUT2D eigenvalue weighted by Crippen LogP contribution is 2.27. The minimum absolute atomic E-state index is 0.0192. The molecule has 0 radical (unpaired) electrons. The van der Waals surface area contributed by atoms with Crippen LogP contribution < -0.4 is 4.74 Å². The molecule has 0 aromatic heterocycles. The Bertz CT molecular complexity index is 420. The van der Waals surface area contributed by atoms with Crippen LogP contribution in [0, 0.1) is 6.92 Å². The molecule has 0 unspecified atom stereocenters. The normalized spacial score (nSPS) is 10.6. The van der Waals surface area contributed by atoms with Gasteiger partial charge in [0.15, 0.2) is 0 Å². The fraction of sp³-hybridized carbons (Fsp3) is 0.417. The summed E-state index contributed by atoms with van der Waals surface area (Å²) in [4.78, 5) is 12.3. The second-order valence-electron chi connectivity index (χ2n) is 3.98. The fourth-order valence-electron chi connectivity index (χ4n) is 1.59. The van der Waals surface area contributed by atoms with E-state index in [1.54, 1.807) is 19.1 Å². The molecule has 1 N–H and O–H groups in total. The Labute approximate surface area is 106 Å². The second-order valence-corrected chi connectivity index (χ2v) is 4.39. The number of hydrogen-bond donors (Lipinski definition) is 1. The van der Waals surface area contributed by atoms with E-state index in [2.05, 4.69) is 0 Å². The topological polar surface area (TPSA) is 49.8 Å². The average molecular weight is 258 g/mol. The maximum absolute atomic E-state index is 10.6. The molecular formula is C12H16ClNO3. The van der Waals surface area contributed by atoms with Gasteiger partial charge in [-0.15, -0.1) is 0 Å². The zero-order valence-corrected chi connectivity index (χ0v) is 10.9. The van der Waals surface area contributed by atoms with Gasteiger partial charge in [-0.1, -0.05) is 11.6 Å². The van der Waals surface area contributed by atoms with Gasteiger partial charge in [0.1, 0.15) is 5.75 Å². The molecule has 0 saturated heterocycles. The molecule has 94 valence electrons. The van der Waals surface area contributed by atoms with Gasteiger partial charge in [0.25, 0.3) is 0 Å². The summed E-state index contributed by atoms with van der Waals surface area (Å²) >= 11 is 6.04. The molecule has 0 aliphatic heterocycles. The van der Waals surface area contributed by atoms with Crippen molar-refractivity contribution in [2.24, 2.45) is 0 Å². The Morgan fingerprint density at radius 1 is 1.53 bits per heavy atom. The number of halogens is 1. The Hall–Kier alpha value is -1.26. The highest BCUT2D eigenvalue weighted by Gasteiger charge is 2.11. The number of ether oxygens (including phenoxy) is 1. The molecule has 0 saturated carbocycles. The lowest BCUT2D eigenvalue weighted by Crippen LogP contribution is -2.25. The fourth-order valence-corrected chi connectivity index (χ4v) is 1.77. The third kappa shape index (κ3) is 3.91. The number of carboxylic acid groups (broad SMARTS) is 1. The number of methoxy groups -OCH3 is 1. The van der Waals surface area contributed by atoms with Crippen LogP contribution in [-0.4, -0.2) is 36.7 Å². The third-order valence-electron chi connectivity index (χ3n) is 2.41. The molecule has 1 aromatic rings. The Morgan fingerprint density at radius 3 is 2.71 bits per heavy atom. The summed E-state index contributed by atoms with van der Waals surface area (Å²) in [5.41, 5.74) is 1.82. The Kier molecular flexibility index (Phi) is 4.78. The molecular weight excluding hydrogens is 242 g/mol. The highest BCUT2D eigenvalue weighted by atomic mass is 35.5. The van der Waals surface area contributed by atoms with Gasteiger partial charge >= 0.3 is 5.97 Å². The van der Waals surface area contributed by atoms with Gasteiger partial charge in [0.05, 0.1) is 13.7 Å². The summed E-state index contributed by atoms with van der Waals surface area (Å²) < 4.78 is 5.25. The van der Waals surface area contributed by atoms with Crippen LogP contribution in [0.4, 0.5) is 0 Å². The van der Waals surface area contributed by atoms with E-state index in [1.807, 2.05) is 19.1 Å². The van der Waals surface area contributed by atoms with Crippen LogP contribution in [0.15, 0.2) is 12.1 Å². The first kappa shape index (κ1) is 13.8. The van der Waals surface area contributed by atoms with Crippen molar-refractivity contribution < 1.29 is 14.6 Å². The third-order valence-corrected chi connectivity index (χ3v) is 2.81. The molecule has 0 amide bonds. The Balaban J connectivity index is 2.89. The van der Waals surface area contributed by atoms with Crippen molar-refractivity contribution >= 4 is 17.6 Å². The number of benzene rings is 1. The van der Waals surface area contributed by atoms with Crippen LogP contribution in [-0.2, 0) is 11.3 Å². The highest BCUT2D eigenvalue weighted by molar-refractivity contribution is 6.31. The molecule has 0 heterocycles. The summed E-state index contributed by atoms with van der Waals surface area (Å²) in [5.74, 6) is -0.131. The molecule has 1 aromatic carbocycles.